The van der Waals surface area contributed by atoms with Gasteiger partial charge in [0.1, 0.15) is 10.1 Å². The third-order valence-corrected chi connectivity index (χ3v) is 6.64. The number of benzene rings is 2. The summed E-state index contributed by atoms with van der Waals surface area (Å²) in [4.78, 5) is 26.8. The van der Waals surface area contributed by atoms with E-state index in [2.05, 4.69) is 37.2 Å². The number of phenols is 1. The van der Waals surface area contributed by atoms with E-state index >= 15 is 0 Å². The molecule has 0 aliphatic carbocycles. The van der Waals surface area contributed by atoms with Crippen LogP contribution in [0.15, 0.2) is 50.2 Å². The topological polar surface area (TPSA) is 69.6 Å². The van der Waals surface area contributed by atoms with Gasteiger partial charge in [0.25, 0.3) is 5.91 Å². The largest absolute Gasteiger partial charge is 0.506 e. The Morgan fingerprint density at radius 2 is 2.03 bits per heavy atom. The van der Waals surface area contributed by atoms with E-state index in [1.165, 1.54) is 4.90 Å². The zero-order valence-electron chi connectivity index (χ0n) is 15.2. The fourth-order valence-electron chi connectivity index (χ4n) is 2.67. The number of nitrogens with zero attached hydrogens (tertiary/aromatic N) is 1. The number of thioether (sulfide) groups is 1. The minimum absolute atomic E-state index is 0.0380. The molecule has 0 aromatic heterocycles. The van der Waals surface area contributed by atoms with Crippen LogP contribution in [0.1, 0.15) is 17.5 Å². The molecule has 2 N–H and O–H groups in total. The predicted octanol–water partition coefficient (Wildman–Crippen LogP) is 5.46. The molecule has 1 heterocycles. The number of rotatable bonds is 5. The molecule has 0 saturated carbocycles. The number of carbonyl (C=O) groups is 2. The van der Waals surface area contributed by atoms with Crippen LogP contribution in [-0.4, -0.2) is 32.7 Å². The van der Waals surface area contributed by atoms with Crippen LogP contribution in [-0.2, 0) is 9.59 Å². The van der Waals surface area contributed by atoms with E-state index in [9.17, 15) is 14.7 Å². The Labute approximate surface area is 194 Å². The second-order valence-electron chi connectivity index (χ2n) is 6.27. The first kappa shape index (κ1) is 22.0. The first-order valence-electron chi connectivity index (χ1n) is 8.55. The molecule has 1 fully saturated rings. The van der Waals surface area contributed by atoms with E-state index in [0.29, 0.717) is 19.3 Å². The number of thiocarbonyl (C=S) groups is 1. The summed E-state index contributed by atoms with van der Waals surface area (Å²) in [5.41, 5.74) is 2.21. The summed E-state index contributed by atoms with van der Waals surface area (Å²) in [6.45, 7) is 2.10. The van der Waals surface area contributed by atoms with Crippen molar-refractivity contribution in [3.8, 4) is 5.75 Å². The zero-order chi connectivity index (χ0) is 21.1. The van der Waals surface area contributed by atoms with E-state index in [-0.39, 0.29) is 30.5 Å². The van der Waals surface area contributed by atoms with Crippen LogP contribution in [0.4, 0.5) is 5.69 Å². The van der Waals surface area contributed by atoms with Crippen LogP contribution in [0.2, 0.25) is 0 Å². The molecule has 0 unspecified atom stereocenters. The molecule has 3 rings (SSSR count). The van der Waals surface area contributed by atoms with E-state index in [0.717, 1.165) is 27.5 Å². The summed E-state index contributed by atoms with van der Waals surface area (Å²) in [5.74, 6) is -0.429. The van der Waals surface area contributed by atoms with Crippen molar-refractivity contribution in [1.29, 1.82) is 0 Å². The summed E-state index contributed by atoms with van der Waals surface area (Å²) in [6.07, 6.45) is 1.72. The molecule has 2 amide bonds. The molecule has 29 heavy (non-hydrogen) atoms. The van der Waals surface area contributed by atoms with Gasteiger partial charge in [-0.05, 0) is 52.7 Å². The number of carbonyl (C=O) groups excluding carboxylic acids is 2. The number of amides is 2. The van der Waals surface area contributed by atoms with Crippen LogP contribution in [0, 0.1) is 6.92 Å². The normalized spacial score (nSPS) is 15.3. The molecule has 9 heteroatoms. The van der Waals surface area contributed by atoms with Gasteiger partial charge >= 0.3 is 0 Å². The van der Waals surface area contributed by atoms with Crippen LogP contribution < -0.4 is 5.32 Å². The van der Waals surface area contributed by atoms with Gasteiger partial charge in [0.2, 0.25) is 5.91 Å². The molecule has 0 bridgehead atoms. The van der Waals surface area contributed by atoms with Gasteiger partial charge in [0.05, 0.1) is 9.38 Å². The lowest BCUT2D eigenvalue weighted by molar-refractivity contribution is -0.122. The highest BCUT2D eigenvalue weighted by atomic mass is 79.9. The number of halogens is 2. The highest BCUT2D eigenvalue weighted by Gasteiger charge is 2.32. The van der Waals surface area contributed by atoms with Crippen molar-refractivity contribution in [3.63, 3.8) is 0 Å². The molecule has 0 radical (unpaired) electrons. The standard InChI is InChI=1S/C20H16Br2N2O3S2/c1-11-4-2-3-5-15(11)23-17(25)6-7-24-19(27)16(29-20(24)28)9-12-8-13(21)10-14(22)18(12)26/h2-5,8-10,26H,6-7H2,1H3,(H,23,25)/b16-9-. The van der Waals surface area contributed by atoms with Gasteiger partial charge in [-0.3, -0.25) is 14.5 Å². The predicted molar refractivity (Wildman–Crippen MR) is 128 cm³/mol. The lowest BCUT2D eigenvalue weighted by Gasteiger charge is -2.14. The molecule has 2 aromatic rings. The van der Waals surface area contributed by atoms with Gasteiger partial charge in [-0.1, -0.05) is 58.1 Å². The van der Waals surface area contributed by atoms with Crippen molar-refractivity contribution >= 4 is 83.7 Å². The minimum atomic E-state index is -0.279. The highest BCUT2D eigenvalue weighted by Crippen LogP contribution is 2.37. The average molecular weight is 556 g/mol. The summed E-state index contributed by atoms with van der Waals surface area (Å²) in [6, 6.07) is 10.9. The Morgan fingerprint density at radius 1 is 1.31 bits per heavy atom. The van der Waals surface area contributed by atoms with Gasteiger partial charge in [-0.25, -0.2) is 0 Å². The van der Waals surface area contributed by atoms with E-state index < -0.39 is 0 Å². The van der Waals surface area contributed by atoms with Crippen LogP contribution in [0.5, 0.6) is 5.75 Å². The molecule has 5 nitrogen and oxygen atoms in total. The molecule has 1 aliphatic heterocycles. The molecule has 0 spiro atoms. The van der Waals surface area contributed by atoms with Crippen molar-refractivity contribution in [2.45, 2.75) is 13.3 Å². The molecule has 1 aliphatic rings. The third kappa shape index (κ3) is 5.28. The van der Waals surface area contributed by atoms with Crippen molar-refractivity contribution in [2.75, 3.05) is 11.9 Å². The summed E-state index contributed by atoms with van der Waals surface area (Å²) >= 11 is 13.1. The maximum atomic E-state index is 12.7. The smallest absolute Gasteiger partial charge is 0.266 e. The second kappa shape index (κ2) is 9.42. The molecule has 0 atom stereocenters. The van der Waals surface area contributed by atoms with E-state index in [1.807, 2.05) is 31.2 Å². The quantitative estimate of drug-likeness (QED) is 0.379. The number of para-hydroxylation sites is 1. The Hall–Kier alpha value is -1.68. The fourth-order valence-corrected chi connectivity index (χ4v) is 5.23. The van der Waals surface area contributed by atoms with Crippen LogP contribution in [0.25, 0.3) is 6.08 Å². The Morgan fingerprint density at radius 3 is 2.76 bits per heavy atom. The maximum Gasteiger partial charge on any atom is 0.266 e. The van der Waals surface area contributed by atoms with Gasteiger partial charge in [0.15, 0.2) is 0 Å². The van der Waals surface area contributed by atoms with Crippen LogP contribution >= 0.6 is 55.8 Å². The molecular formula is C20H16Br2N2O3S2. The Balaban J connectivity index is 1.68. The number of aromatic hydroxyl groups is 1. The van der Waals surface area contributed by atoms with Gasteiger partial charge in [-0.2, -0.15) is 0 Å². The number of anilines is 1. The highest BCUT2D eigenvalue weighted by molar-refractivity contribution is 9.11. The summed E-state index contributed by atoms with van der Waals surface area (Å²) in [7, 11) is 0. The van der Waals surface area contributed by atoms with Crippen LogP contribution in [0.3, 0.4) is 0 Å². The SMILES string of the molecule is Cc1ccccc1NC(=O)CCN1C(=O)/C(=C/c2cc(Br)cc(Br)c2O)SC1=S. The molecule has 150 valence electrons. The number of aryl methyl sites for hydroxylation is 1. The van der Waals surface area contributed by atoms with E-state index in [1.54, 1.807) is 18.2 Å². The van der Waals surface area contributed by atoms with Crippen molar-refractivity contribution in [2.24, 2.45) is 0 Å². The Bertz CT molecular complexity index is 1040. The maximum absolute atomic E-state index is 12.7. The van der Waals surface area contributed by atoms with E-state index in [4.69, 9.17) is 12.2 Å². The Kier molecular flexibility index (Phi) is 7.15. The van der Waals surface area contributed by atoms with Gasteiger partial charge in [-0.15, -0.1) is 0 Å². The number of phenolic OH excluding ortho intramolecular Hbond substituents is 1. The number of nitrogens with one attached hydrogen (secondary N) is 1. The lowest BCUT2D eigenvalue weighted by Crippen LogP contribution is -2.31. The lowest BCUT2D eigenvalue weighted by atomic mass is 10.2. The first-order valence-corrected chi connectivity index (χ1v) is 11.4. The number of hydrogen-bond acceptors (Lipinski definition) is 5. The van der Waals surface area contributed by atoms with Crippen molar-refractivity contribution in [1.82, 2.24) is 4.90 Å². The minimum Gasteiger partial charge on any atom is -0.506 e. The average Bonchev–Trinajstić information content (AvgIpc) is 2.92. The molecular weight excluding hydrogens is 540 g/mol. The van der Waals surface area contributed by atoms with Crippen molar-refractivity contribution in [3.05, 3.63) is 61.4 Å². The molecule has 2 aromatic carbocycles. The fraction of sp³-hybridized carbons (Fsp3) is 0.150. The molecule has 1 saturated heterocycles. The monoisotopic (exact) mass is 554 g/mol. The second-order valence-corrected chi connectivity index (χ2v) is 9.72. The van der Waals surface area contributed by atoms with Crippen molar-refractivity contribution < 1.29 is 14.7 Å². The third-order valence-electron chi connectivity index (χ3n) is 4.20. The first-order chi connectivity index (χ1) is 13.8. The number of hydrogen-bond donors (Lipinski definition) is 2. The zero-order valence-corrected chi connectivity index (χ0v) is 20.0. The summed E-state index contributed by atoms with van der Waals surface area (Å²) < 4.78 is 1.66. The van der Waals surface area contributed by atoms with Gasteiger partial charge < -0.3 is 10.4 Å². The van der Waals surface area contributed by atoms with Gasteiger partial charge in [0, 0.05) is 28.7 Å². The summed E-state index contributed by atoms with van der Waals surface area (Å²) in [5, 5.41) is 13.1.